The molecule has 4 atom stereocenters. The molecule has 8 nitrogen and oxygen atoms in total. The van der Waals surface area contributed by atoms with Crippen molar-refractivity contribution < 1.29 is 28.2 Å². The van der Waals surface area contributed by atoms with E-state index in [0.717, 1.165) is 0 Å². The molecule has 0 amide bonds. The molecular weight excluding hydrogens is 393 g/mol. The van der Waals surface area contributed by atoms with Gasteiger partial charge in [-0.2, -0.15) is 0 Å². The molecule has 156 valence electrons. The number of hydrogen-bond donors (Lipinski definition) is 0. The summed E-state index contributed by atoms with van der Waals surface area (Å²) >= 11 is 0. The number of benzene rings is 2. The molecule has 0 aliphatic carbocycles. The highest BCUT2D eigenvalue weighted by atomic mass is 19.1. The van der Waals surface area contributed by atoms with Crippen LogP contribution in [0, 0.1) is 0 Å². The first-order valence-electron chi connectivity index (χ1n) is 9.53. The molecule has 30 heavy (non-hydrogen) atoms. The third-order valence-electron chi connectivity index (χ3n) is 5.07. The zero-order valence-electron chi connectivity index (χ0n) is 16.4. The molecule has 1 fully saturated rings. The molecule has 1 aliphatic heterocycles. The van der Waals surface area contributed by atoms with Gasteiger partial charge in [-0.3, -0.25) is 0 Å². The lowest BCUT2D eigenvalue weighted by Crippen LogP contribution is -2.33. The zero-order valence-corrected chi connectivity index (χ0v) is 16.4. The van der Waals surface area contributed by atoms with Gasteiger partial charge in [0.15, 0.2) is 18.5 Å². The summed E-state index contributed by atoms with van der Waals surface area (Å²) in [5.41, 5.74) is 1.25. The van der Waals surface area contributed by atoms with E-state index in [0.29, 0.717) is 17.5 Å². The van der Waals surface area contributed by atoms with Crippen LogP contribution in [0.4, 0.5) is 4.39 Å². The average molecular weight is 413 g/mol. The topological polar surface area (TPSA) is 92.5 Å². The predicted molar refractivity (Wildman–Crippen MR) is 104 cm³/mol. The van der Waals surface area contributed by atoms with Crippen molar-refractivity contribution in [2.75, 3.05) is 7.11 Å². The van der Waals surface area contributed by atoms with E-state index in [1.54, 1.807) is 55.5 Å². The van der Waals surface area contributed by atoms with Gasteiger partial charge in [-0.05, 0) is 30.7 Å². The van der Waals surface area contributed by atoms with Gasteiger partial charge in [0.25, 0.3) is 0 Å². The van der Waals surface area contributed by atoms with Gasteiger partial charge in [-0.25, -0.2) is 18.7 Å². The van der Waals surface area contributed by atoms with E-state index in [4.69, 9.17) is 14.2 Å². The molecule has 0 saturated carbocycles. The van der Waals surface area contributed by atoms with Crippen LogP contribution in [-0.2, 0) is 14.2 Å². The van der Waals surface area contributed by atoms with Gasteiger partial charge in [-0.1, -0.05) is 36.4 Å². The number of carbonyl (C=O) groups excluding carboxylic acids is 2. The van der Waals surface area contributed by atoms with Crippen molar-refractivity contribution in [2.45, 2.75) is 38.0 Å². The number of alkyl halides is 1. The molecule has 0 spiro atoms. The first-order valence-corrected chi connectivity index (χ1v) is 9.53. The quantitative estimate of drug-likeness (QED) is 0.594. The fraction of sp³-hybridized carbons (Fsp3) is 0.333. The minimum Gasteiger partial charge on any atom is -0.465 e. The van der Waals surface area contributed by atoms with Crippen molar-refractivity contribution in [3.8, 4) is 0 Å². The molecule has 3 aromatic rings. The van der Waals surface area contributed by atoms with Gasteiger partial charge in [0.1, 0.15) is 5.52 Å². The summed E-state index contributed by atoms with van der Waals surface area (Å²) in [6.45, 7) is 1.78. The highest BCUT2D eigenvalue weighted by Gasteiger charge is 2.49. The first kappa shape index (κ1) is 20.0. The van der Waals surface area contributed by atoms with E-state index in [1.807, 2.05) is 0 Å². The maximum Gasteiger partial charge on any atom is 0.340 e. The molecule has 0 bridgehead atoms. The van der Waals surface area contributed by atoms with Crippen molar-refractivity contribution >= 4 is 23.0 Å². The number of methoxy groups -OCH3 is 1. The summed E-state index contributed by atoms with van der Waals surface area (Å²) in [7, 11) is 1.27. The summed E-state index contributed by atoms with van der Waals surface area (Å²) in [4.78, 5) is 24.6. The van der Waals surface area contributed by atoms with E-state index >= 15 is 4.39 Å². The van der Waals surface area contributed by atoms with E-state index in [1.165, 1.54) is 11.8 Å². The molecule has 4 rings (SSSR count). The Kier molecular flexibility index (Phi) is 5.45. The fourth-order valence-corrected chi connectivity index (χ4v) is 3.53. The van der Waals surface area contributed by atoms with Gasteiger partial charge in [0.2, 0.25) is 0 Å². The van der Waals surface area contributed by atoms with Gasteiger partial charge in [0, 0.05) is 0 Å². The number of hydrogen-bond acceptors (Lipinski definition) is 7. The second-order valence-electron chi connectivity index (χ2n) is 6.85. The van der Waals surface area contributed by atoms with E-state index < -0.39 is 36.5 Å². The number of ether oxygens (including phenoxy) is 3. The maximum absolute atomic E-state index is 15.1. The fourth-order valence-electron chi connectivity index (χ4n) is 3.53. The van der Waals surface area contributed by atoms with Crippen LogP contribution in [0.2, 0.25) is 0 Å². The van der Waals surface area contributed by atoms with Crippen molar-refractivity contribution in [2.24, 2.45) is 0 Å². The third-order valence-corrected chi connectivity index (χ3v) is 5.07. The molecule has 0 radical (unpaired) electrons. The highest BCUT2D eigenvalue weighted by Crippen LogP contribution is 2.37. The maximum atomic E-state index is 15.1. The van der Waals surface area contributed by atoms with E-state index in [2.05, 4.69) is 10.3 Å². The lowest BCUT2D eigenvalue weighted by Gasteiger charge is -2.20. The van der Waals surface area contributed by atoms with Crippen molar-refractivity contribution in [3.05, 3.63) is 59.7 Å². The van der Waals surface area contributed by atoms with Crippen LogP contribution < -0.4 is 0 Å². The minimum absolute atomic E-state index is 0.223. The van der Waals surface area contributed by atoms with Crippen LogP contribution >= 0.6 is 0 Å². The van der Waals surface area contributed by atoms with Crippen molar-refractivity contribution in [1.29, 1.82) is 0 Å². The van der Waals surface area contributed by atoms with Gasteiger partial charge in [-0.15, -0.1) is 5.10 Å². The highest BCUT2D eigenvalue weighted by molar-refractivity contribution is 6.01. The number of esters is 2. The van der Waals surface area contributed by atoms with Crippen LogP contribution in [0.25, 0.3) is 11.0 Å². The molecule has 1 aliphatic rings. The van der Waals surface area contributed by atoms with Crippen LogP contribution in [0.15, 0.2) is 48.5 Å². The summed E-state index contributed by atoms with van der Waals surface area (Å²) in [6.07, 6.45) is -4.19. The van der Waals surface area contributed by atoms with Crippen molar-refractivity contribution in [3.63, 3.8) is 0 Å². The lowest BCUT2D eigenvalue weighted by atomic mass is 10.1. The second kappa shape index (κ2) is 8.19. The number of carbonyl (C=O) groups is 2. The summed E-state index contributed by atoms with van der Waals surface area (Å²) < 4.78 is 32.6. The molecule has 0 unspecified atom stereocenters. The molecule has 2 aromatic carbocycles. The van der Waals surface area contributed by atoms with Crippen LogP contribution in [-0.4, -0.2) is 52.4 Å². The van der Waals surface area contributed by atoms with Crippen molar-refractivity contribution in [1.82, 2.24) is 15.0 Å². The Morgan fingerprint density at radius 2 is 1.90 bits per heavy atom. The number of aromatic nitrogens is 3. The van der Waals surface area contributed by atoms with Crippen LogP contribution in [0.3, 0.4) is 0 Å². The lowest BCUT2D eigenvalue weighted by molar-refractivity contribution is -0.0534. The molecule has 1 aromatic heterocycles. The first-order chi connectivity index (χ1) is 14.5. The Hall–Kier alpha value is -3.33. The monoisotopic (exact) mass is 413 g/mol. The van der Waals surface area contributed by atoms with Crippen LogP contribution in [0.1, 0.15) is 40.3 Å². The van der Waals surface area contributed by atoms with E-state index in [9.17, 15) is 9.59 Å². The summed E-state index contributed by atoms with van der Waals surface area (Å²) in [6, 6.07) is 13.2. The molecule has 9 heteroatoms. The zero-order chi connectivity index (χ0) is 21.3. The third kappa shape index (κ3) is 3.41. The normalized spacial score (nSPS) is 23.4. The standard InChI is InChI=1S/C21H20FN3O5/c1-3-15-16(22)18(30-20(26)12-8-5-4-6-9-12)19(29-15)25-14-11-7-10-13(21(27)28-2)17(14)23-24-25/h4-11,15-16,18-19H,3H2,1-2H3/t15-,16-,18-,19-/m1/s1. The Morgan fingerprint density at radius 1 is 1.13 bits per heavy atom. The van der Waals surface area contributed by atoms with Gasteiger partial charge in [0.05, 0.1) is 29.9 Å². The molecule has 2 heterocycles. The Balaban J connectivity index is 1.71. The minimum atomic E-state index is -1.55. The predicted octanol–water partition coefficient (Wildman–Crippen LogP) is 3.09. The van der Waals surface area contributed by atoms with Gasteiger partial charge >= 0.3 is 11.9 Å². The molecule has 0 N–H and O–H groups in total. The summed E-state index contributed by atoms with van der Waals surface area (Å²) in [5, 5.41) is 8.11. The van der Waals surface area contributed by atoms with Gasteiger partial charge < -0.3 is 14.2 Å². The second-order valence-corrected chi connectivity index (χ2v) is 6.85. The average Bonchev–Trinajstić information content (AvgIpc) is 3.34. The Labute approximate surface area is 171 Å². The number of nitrogens with zero attached hydrogens (tertiary/aromatic N) is 3. The molecule has 1 saturated heterocycles. The van der Waals surface area contributed by atoms with E-state index in [-0.39, 0.29) is 11.1 Å². The Morgan fingerprint density at radius 3 is 2.60 bits per heavy atom. The number of rotatable bonds is 5. The number of fused-ring (bicyclic) bond motifs is 1. The largest absolute Gasteiger partial charge is 0.465 e. The van der Waals surface area contributed by atoms with Crippen LogP contribution in [0.5, 0.6) is 0 Å². The number of halogens is 1. The summed E-state index contributed by atoms with van der Waals surface area (Å²) in [5.74, 6) is -1.23. The smallest absolute Gasteiger partial charge is 0.340 e. The Bertz CT molecular complexity index is 1070. The molecular formula is C21H20FN3O5. The SMILES string of the molecule is CC[C@H]1O[C@@H](n2nnc3c(C(=O)OC)cccc32)[C@H](OC(=O)c2ccccc2)[C@@H]1F.